The second-order valence-electron chi connectivity index (χ2n) is 4.70. The van der Waals surface area contributed by atoms with Crippen molar-refractivity contribution >= 4 is 11.6 Å². The monoisotopic (exact) mass is 252 g/mol. The van der Waals surface area contributed by atoms with E-state index < -0.39 is 0 Å². The highest BCUT2D eigenvalue weighted by Crippen LogP contribution is 2.17. The van der Waals surface area contributed by atoms with Gasteiger partial charge in [-0.25, -0.2) is 0 Å². The number of nitrogens with zero attached hydrogens (tertiary/aromatic N) is 2. The summed E-state index contributed by atoms with van der Waals surface area (Å²) in [5.74, 6) is -0.134. The molecule has 1 rings (SSSR count). The molecule has 1 aromatic heterocycles. The maximum atomic E-state index is 12.1. The Morgan fingerprint density at radius 1 is 1.50 bits per heavy atom. The maximum Gasteiger partial charge on any atom is 0.271 e. The van der Waals surface area contributed by atoms with E-state index in [1.165, 1.54) is 0 Å². The normalized spacial score (nSPS) is 12.4. The van der Waals surface area contributed by atoms with Crippen LogP contribution >= 0.6 is 0 Å². The van der Waals surface area contributed by atoms with Crippen LogP contribution in [0.2, 0.25) is 0 Å². The first kappa shape index (κ1) is 14.5. The first-order valence-corrected chi connectivity index (χ1v) is 6.63. The molecule has 0 spiro atoms. The second-order valence-corrected chi connectivity index (χ2v) is 4.70. The standard InChI is InChI=1S/C13H24N4O/c1-5-7-8-9(3)15-13(18)12-11(14)10(6-2)16-17(12)4/h9H,5-8,14H2,1-4H3,(H,15,18). The van der Waals surface area contributed by atoms with Crippen LogP contribution in [0.25, 0.3) is 0 Å². The summed E-state index contributed by atoms with van der Waals surface area (Å²) in [5.41, 5.74) is 7.70. The molecule has 1 amide bonds. The molecule has 5 nitrogen and oxygen atoms in total. The highest BCUT2D eigenvalue weighted by molar-refractivity contribution is 5.98. The Kier molecular flexibility index (Phi) is 5.19. The van der Waals surface area contributed by atoms with Gasteiger partial charge < -0.3 is 11.1 Å². The van der Waals surface area contributed by atoms with Crippen LogP contribution in [0.4, 0.5) is 5.69 Å². The molecule has 0 aliphatic rings. The summed E-state index contributed by atoms with van der Waals surface area (Å²) in [7, 11) is 1.75. The number of carbonyl (C=O) groups is 1. The molecule has 18 heavy (non-hydrogen) atoms. The van der Waals surface area contributed by atoms with Crippen LogP contribution in [0, 0.1) is 0 Å². The van der Waals surface area contributed by atoms with Crippen LogP contribution in [0.1, 0.15) is 56.2 Å². The van der Waals surface area contributed by atoms with Gasteiger partial charge in [-0.2, -0.15) is 5.10 Å². The molecular weight excluding hydrogens is 228 g/mol. The van der Waals surface area contributed by atoms with Crippen molar-refractivity contribution < 1.29 is 4.79 Å². The van der Waals surface area contributed by atoms with Gasteiger partial charge in [-0.1, -0.05) is 26.7 Å². The summed E-state index contributed by atoms with van der Waals surface area (Å²) in [6.45, 7) is 6.13. The number of nitrogens with one attached hydrogen (secondary N) is 1. The second kappa shape index (κ2) is 6.42. The minimum absolute atomic E-state index is 0.134. The van der Waals surface area contributed by atoms with Crippen LogP contribution in [-0.2, 0) is 13.5 Å². The van der Waals surface area contributed by atoms with E-state index in [0.29, 0.717) is 11.4 Å². The van der Waals surface area contributed by atoms with Crippen LogP contribution in [0.5, 0.6) is 0 Å². The lowest BCUT2D eigenvalue weighted by atomic mass is 10.1. The van der Waals surface area contributed by atoms with Gasteiger partial charge >= 0.3 is 0 Å². The number of nitrogen functional groups attached to an aromatic ring is 1. The van der Waals surface area contributed by atoms with Gasteiger partial charge in [0.05, 0.1) is 11.4 Å². The zero-order chi connectivity index (χ0) is 13.7. The maximum absolute atomic E-state index is 12.1. The lowest BCUT2D eigenvalue weighted by molar-refractivity contribution is 0.0929. The Balaban J connectivity index is 2.75. The zero-order valence-electron chi connectivity index (χ0n) is 11.8. The molecule has 0 aliphatic carbocycles. The molecule has 1 heterocycles. The topological polar surface area (TPSA) is 72.9 Å². The lowest BCUT2D eigenvalue weighted by Crippen LogP contribution is -2.34. The fourth-order valence-corrected chi connectivity index (χ4v) is 2.00. The number of hydrogen-bond acceptors (Lipinski definition) is 3. The van der Waals surface area contributed by atoms with Gasteiger partial charge in [-0.15, -0.1) is 0 Å². The largest absolute Gasteiger partial charge is 0.395 e. The number of hydrogen-bond donors (Lipinski definition) is 2. The zero-order valence-corrected chi connectivity index (χ0v) is 11.8. The predicted molar refractivity (Wildman–Crippen MR) is 73.5 cm³/mol. The Bertz CT molecular complexity index is 411. The molecule has 0 radical (unpaired) electrons. The minimum atomic E-state index is -0.134. The molecule has 0 bridgehead atoms. The van der Waals surface area contributed by atoms with Crippen molar-refractivity contribution in [3.63, 3.8) is 0 Å². The van der Waals surface area contributed by atoms with Crippen LogP contribution < -0.4 is 11.1 Å². The van der Waals surface area contributed by atoms with Gasteiger partial charge in [0.15, 0.2) is 0 Å². The van der Waals surface area contributed by atoms with Gasteiger partial charge in [-0.3, -0.25) is 9.48 Å². The van der Waals surface area contributed by atoms with E-state index in [0.717, 1.165) is 31.4 Å². The number of unbranched alkanes of at least 4 members (excludes halogenated alkanes) is 1. The molecule has 0 aromatic carbocycles. The third-order valence-electron chi connectivity index (χ3n) is 3.08. The van der Waals surface area contributed by atoms with Gasteiger partial charge in [0.1, 0.15) is 5.69 Å². The molecule has 0 aliphatic heterocycles. The number of carbonyl (C=O) groups excluding carboxylic acids is 1. The van der Waals surface area contributed by atoms with Gasteiger partial charge in [0.2, 0.25) is 0 Å². The molecule has 3 N–H and O–H groups in total. The summed E-state index contributed by atoms with van der Waals surface area (Å²) >= 11 is 0. The van der Waals surface area contributed by atoms with Crippen molar-refractivity contribution in [2.24, 2.45) is 7.05 Å². The van der Waals surface area contributed by atoms with E-state index in [1.807, 2.05) is 13.8 Å². The molecule has 102 valence electrons. The summed E-state index contributed by atoms with van der Waals surface area (Å²) in [6, 6.07) is 0.164. The Morgan fingerprint density at radius 2 is 2.17 bits per heavy atom. The molecule has 0 fully saturated rings. The fourth-order valence-electron chi connectivity index (χ4n) is 2.00. The third kappa shape index (κ3) is 3.24. The summed E-state index contributed by atoms with van der Waals surface area (Å²) in [5, 5.41) is 7.22. The van der Waals surface area contributed by atoms with Gasteiger partial charge in [0.25, 0.3) is 5.91 Å². The smallest absolute Gasteiger partial charge is 0.271 e. The first-order valence-electron chi connectivity index (χ1n) is 6.63. The van der Waals surface area contributed by atoms with E-state index in [1.54, 1.807) is 11.7 Å². The van der Waals surface area contributed by atoms with Crippen LogP contribution in [0.3, 0.4) is 0 Å². The van der Waals surface area contributed by atoms with E-state index in [2.05, 4.69) is 17.3 Å². The Hall–Kier alpha value is -1.52. The van der Waals surface area contributed by atoms with Crippen molar-refractivity contribution in [3.05, 3.63) is 11.4 Å². The number of amides is 1. The highest BCUT2D eigenvalue weighted by atomic mass is 16.2. The van der Waals surface area contributed by atoms with Crippen molar-refractivity contribution in [2.75, 3.05) is 5.73 Å². The third-order valence-corrected chi connectivity index (χ3v) is 3.08. The van der Waals surface area contributed by atoms with Crippen LogP contribution in [0.15, 0.2) is 0 Å². The molecule has 0 saturated carbocycles. The molecular formula is C13H24N4O. The Morgan fingerprint density at radius 3 is 2.67 bits per heavy atom. The number of rotatable bonds is 6. The first-order chi connectivity index (χ1) is 8.51. The Labute approximate surface area is 109 Å². The quantitative estimate of drug-likeness (QED) is 0.811. The van der Waals surface area contributed by atoms with Crippen molar-refractivity contribution in [2.45, 2.75) is 52.5 Å². The molecule has 5 heteroatoms. The van der Waals surface area contributed by atoms with Crippen molar-refractivity contribution in [1.29, 1.82) is 0 Å². The number of nitrogens with two attached hydrogens (primary N) is 1. The predicted octanol–water partition coefficient (Wildman–Crippen LogP) is 1.87. The molecule has 1 atom stereocenters. The molecule has 0 saturated heterocycles. The summed E-state index contributed by atoms with van der Waals surface area (Å²) in [4.78, 5) is 12.1. The number of anilines is 1. The van der Waals surface area contributed by atoms with E-state index in [9.17, 15) is 4.79 Å². The lowest BCUT2D eigenvalue weighted by Gasteiger charge is -2.13. The van der Waals surface area contributed by atoms with Gasteiger partial charge in [0, 0.05) is 13.1 Å². The summed E-state index contributed by atoms with van der Waals surface area (Å²) < 4.78 is 1.57. The van der Waals surface area contributed by atoms with Crippen molar-refractivity contribution in [1.82, 2.24) is 15.1 Å². The number of aryl methyl sites for hydroxylation is 2. The van der Waals surface area contributed by atoms with Gasteiger partial charge in [-0.05, 0) is 19.8 Å². The van der Waals surface area contributed by atoms with Crippen LogP contribution in [-0.4, -0.2) is 21.7 Å². The van der Waals surface area contributed by atoms with E-state index >= 15 is 0 Å². The average Bonchev–Trinajstić information content (AvgIpc) is 2.61. The van der Waals surface area contributed by atoms with E-state index in [-0.39, 0.29) is 11.9 Å². The van der Waals surface area contributed by atoms with Crippen molar-refractivity contribution in [3.8, 4) is 0 Å². The fraction of sp³-hybridized carbons (Fsp3) is 0.692. The van der Waals surface area contributed by atoms with E-state index in [4.69, 9.17) is 5.73 Å². The average molecular weight is 252 g/mol. The molecule has 1 aromatic rings. The highest BCUT2D eigenvalue weighted by Gasteiger charge is 2.20. The number of aromatic nitrogens is 2. The SMILES string of the molecule is CCCCC(C)NC(=O)c1c(N)c(CC)nn1C. The minimum Gasteiger partial charge on any atom is -0.395 e. The summed E-state index contributed by atoms with van der Waals surface area (Å²) in [6.07, 6.45) is 3.97. The molecule has 1 unspecified atom stereocenters.